The molecule has 1 rings (SSSR count). The molecule has 0 spiro atoms. The lowest BCUT2D eigenvalue weighted by Crippen LogP contribution is -1.91. The Morgan fingerprint density at radius 3 is 2.50 bits per heavy atom. The van der Waals surface area contributed by atoms with E-state index in [1.165, 1.54) is 0 Å². The molecule has 0 atom stereocenters. The number of rotatable bonds is 4. The molecule has 0 aliphatic heterocycles. The maximum atomic E-state index is 10.2. The Kier molecular flexibility index (Phi) is 3.33. The van der Waals surface area contributed by atoms with Crippen LogP contribution in [-0.2, 0) is 11.2 Å². The summed E-state index contributed by atoms with van der Waals surface area (Å²) in [5.41, 5.74) is 1.02. The summed E-state index contributed by atoms with van der Waals surface area (Å²) in [7, 11) is 0. The minimum absolute atomic E-state index is 0.479. The lowest BCUT2D eigenvalue weighted by molar-refractivity contribution is -0.107. The smallest absolute Gasteiger partial charge is 0.124 e. The van der Waals surface area contributed by atoms with Crippen LogP contribution in [0.25, 0.3) is 0 Å². The highest BCUT2D eigenvalue weighted by atomic mass is 16.5. The molecule has 0 saturated carbocycles. The van der Waals surface area contributed by atoms with Crippen LogP contribution in [0.2, 0.25) is 0 Å². The Morgan fingerprint density at radius 1 is 1.33 bits per heavy atom. The molecule has 0 aliphatic carbocycles. The molecule has 0 radical (unpaired) electrons. The van der Waals surface area contributed by atoms with Crippen LogP contribution in [0.3, 0.4) is 0 Å². The monoisotopic (exact) mass is 164 g/mol. The van der Waals surface area contributed by atoms with Crippen molar-refractivity contribution in [2.45, 2.75) is 13.3 Å². The summed E-state index contributed by atoms with van der Waals surface area (Å²) in [6.45, 7) is 2.62. The van der Waals surface area contributed by atoms with Crippen LogP contribution in [0.4, 0.5) is 0 Å². The van der Waals surface area contributed by atoms with Crippen molar-refractivity contribution < 1.29 is 9.53 Å². The van der Waals surface area contributed by atoms with E-state index in [-0.39, 0.29) is 0 Å². The summed E-state index contributed by atoms with van der Waals surface area (Å²) in [5, 5.41) is 0. The summed E-state index contributed by atoms with van der Waals surface area (Å²) in [5.74, 6) is 0.854. The molecule has 1 aromatic rings. The van der Waals surface area contributed by atoms with E-state index in [4.69, 9.17) is 4.74 Å². The van der Waals surface area contributed by atoms with Crippen LogP contribution in [-0.4, -0.2) is 12.9 Å². The first-order valence-corrected chi connectivity index (χ1v) is 4.02. The van der Waals surface area contributed by atoms with E-state index in [2.05, 4.69) is 0 Å². The summed E-state index contributed by atoms with van der Waals surface area (Å²) < 4.78 is 5.25. The van der Waals surface area contributed by atoms with Crippen LogP contribution in [0.15, 0.2) is 24.3 Å². The molecule has 0 saturated heterocycles. The quantitative estimate of drug-likeness (QED) is 0.634. The van der Waals surface area contributed by atoms with Gasteiger partial charge in [-0.1, -0.05) is 12.1 Å². The van der Waals surface area contributed by atoms with Gasteiger partial charge in [0.1, 0.15) is 12.0 Å². The Bertz CT molecular complexity index is 239. The SMILES string of the molecule is CCOc1ccc(CC=O)cc1. The molecule has 64 valence electrons. The van der Waals surface area contributed by atoms with Gasteiger partial charge in [0.2, 0.25) is 0 Å². The molecular formula is C10H12O2. The van der Waals surface area contributed by atoms with E-state index >= 15 is 0 Å². The van der Waals surface area contributed by atoms with E-state index in [1.807, 2.05) is 31.2 Å². The van der Waals surface area contributed by atoms with Gasteiger partial charge < -0.3 is 9.53 Å². The molecule has 0 aromatic heterocycles. The third-order valence-electron chi connectivity index (χ3n) is 1.55. The second-order valence-electron chi connectivity index (χ2n) is 2.45. The van der Waals surface area contributed by atoms with Gasteiger partial charge in [-0.15, -0.1) is 0 Å². The van der Waals surface area contributed by atoms with Crippen LogP contribution in [0, 0.1) is 0 Å². The largest absolute Gasteiger partial charge is 0.494 e. The molecule has 1 aromatic carbocycles. The second kappa shape index (κ2) is 4.54. The van der Waals surface area contributed by atoms with Crippen molar-refractivity contribution in [3.05, 3.63) is 29.8 Å². The fourth-order valence-electron chi connectivity index (χ4n) is 0.985. The molecule has 0 fully saturated rings. The molecular weight excluding hydrogens is 152 g/mol. The normalized spacial score (nSPS) is 9.42. The molecule has 0 aliphatic rings. The number of hydrogen-bond donors (Lipinski definition) is 0. The van der Waals surface area contributed by atoms with Crippen molar-refractivity contribution in [3.63, 3.8) is 0 Å². The lowest BCUT2D eigenvalue weighted by Gasteiger charge is -2.02. The van der Waals surface area contributed by atoms with Crippen molar-refractivity contribution in [1.29, 1.82) is 0 Å². The van der Waals surface area contributed by atoms with Crippen molar-refractivity contribution in [3.8, 4) is 5.75 Å². The summed E-state index contributed by atoms with van der Waals surface area (Å²) in [4.78, 5) is 10.2. The molecule has 2 nitrogen and oxygen atoms in total. The molecule has 12 heavy (non-hydrogen) atoms. The van der Waals surface area contributed by atoms with Gasteiger partial charge in [0.25, 0.3) is 0 Å². The zero-order chi connectivity index (χ0) is 8.81. The summed E-state index contributed by atoms with van der Waals surface area (Å²) >= 11 is 0. The molecule has 0 heterocycles. The van der Waals surface area contributed by atoms with Crippen molar-refractivity contribution in [2.24, 2.45) is 0 Å². The zero-order valence-electron chi connectivity index (χ0n) is 7.12. The highest BCUT2D eigenvalue weighted by Gasteiger charge is 1.92. The van der Waals surface area contributed by atoms with E-state index < -0.39 is 0 Å². The van der Waals surface area contributed by atoms with Crippen molar-refractivity contribution in [2.75, 3.05) is 6.61 Å². The summed E-state index contributed by atoms with van der Waals surface area (Å²) in [6.07, 6.45) is 1.38. The highest BCUT2D eigenvalue weighted by Crippen LogP contribution is 2.11. The van der Waals surface area contributed by atoms with Gasteiger partial charge in [-0.2, -0.15) is 0 Å². The Morgan fingerprint density at radius 2 is 2.00 bits per heavy atom. The second-order valence-corrected chi connectivity index (χ2v) is 2.45. The zero-order valence-corrected chi connectivity index (χ0v) is 7.12. The van der Waals surface area contributed by atoms with Crippen LogP contribution in [0.1, 0.15) is 12.5 Å². The number of carbonyl (C=O) groups is 1. The van der Waals surface area contributed by atoms with Gasteiger partial charge >= 0.3 is 0 Å². The maximum absolute atomic E-state index is 10.2. The highest BCUT2D eigenvalue weighted by molar-refractivity contribution is 5.55. The lowest BCUT2D eigenvalue weighted by atomic mass is 10.2. The molecule has 0 unspecified atom stereocenters. The van der Waals surface area contributed by atoms with Gasteiger partial charge in [-0.05, 0) is 24.6 Å². The molecule has 0 amide bonds. The van der Waals surface area contributed by atoms with Gasteiger partial charge in [0.05, 0.1) is 6.61 Å². The number of carbonyl (C=O) groups excluding carboxylic acids is 1. The standard InChI is InChI=1S/C10H12O2/c1-2-12-10-5-3-9(4-6-10)7-8-11/h3-6,8H,2,7H2,1H3. The number of benzene rings is 1. The molecule has 2 heteroatoms. The minimum Gasteiger partial charge on any atom is -0.494 e. The van der Waals surface area contributed by atoms with E-state index in [9.17, 15) is 4.79 Å². The van der Waals surface area contributed by atoms with Crippen LogP contribution in [0.5, 0.6) is 5.75 Å². The first-order valence-electron chi connectivity index (χ1n) is 4.02. The first kappa shape index (κ1) is 8.78. The Balaban J connectivity index is 2.64. The van der Waals surface area contributed by atoms with Gasteiger partial charge in [0.15, 0.2) is 0 Å². The van der Waals surface area contributed by atoms with Gasteiger partial charge in [-0.3, -0.25) is 0 Å². The van der Waals surface area contributed by atoms with E-state index in [0.717, 1.165) is 17.6 Å². The number of ether oxygens (including phenoxy) is 1. The topological polar surface area (TPSA) is 26.3 Å². The predicted molar refractivity (Wildman–Crippen MR) is 47.4 cm³/mol. The fraction of sp³-hybridized carbons (Fsp3) is 0.300. The average molecular weight is 164 g/mol. The predicted octanol–water partition coefficient (Wildman–Crippen LogP) is 1.83. The van der Waals surface area contributed by atoms with E-state index in [0.29, 0.717) is 13.0 Å². The van der Waals surface area contributed by atoms with Gasteiger partial charge in [0, 0.05) is 6.42 Å². The summed E-state index contributed by atoms with van der Waals surface area (Å²) in [6, 6.07) is 7.56. The van der Waals surface area contributed by atoms with Gasteiger partial charge in [-0.25, -0.2) is 0 Å². The Labute approximate surface area is 72.2 Å². The van der Waals surface area contributed by atoms with Crippen molar-refractivity contribution >= 4 is 6.29 Å². The molecule has 0 bridgehead atoms. The first-order chi connectivity index (χ1) is 5.86. The Hall–Kier alpha value is -1.31. The average Bonchev–Trinajstić information content (AvgIpc) is 2.09. The van der Waals surface area contributed by atoms with Crippen LogP contribution < -0.4 is 4.74 Å². The van der Waals surface area contributed by atoms with Crippen molar-refractivity contribution in [1.82, 2.24) is 0 Å². The molecule has 0 N–H and O–H groups in total. The fourth-order valence-corrected chi connectivity index (χ4v) is 0.985. The van der Waals surface area contributed by atoms with Crippen LogP contribution >= 0.6 is 0 Å². The third kappa shape index (κ3) is 2.38. The number of aldehydes is 1. The maximum Gasteiger partial charge on any atom is 0.124 e. The van der Waals surface area contributed by atoms with E-state index in [1.54, 1.807) is 0 Å². The number of hydrogen-bond acceptors (Lipinski definition) is 2. The third-order valence-corrected chi connectivity index (χ3v) is 1.55. The minimum atomic E-state index is 0.479.